The van der Waals surface area contributed by atoms with Gasteiger partial charge in [-0.05, 0) is 12.8 Å². The van der Waals surface area contributed by atoms with Crippen LogP contribution in [0.3, 0.4) is 0 Å². The molecular formula is C11H23NaO5S. The van der Waals surface area contributed by atoms with E-state index in [2.05, 4.69) is 4.18 Å². The van der Waals surface area contributed by atoms with Gasteiger partial charge in [-0.15, -0.1) is 0 Å². The minimum Gasteiger partial charge on any atom is -0.726 e. The first-order valence-corrected chi connectivity index (χ1v) is 7.60. The van der Waals surface area contributed by atoms with Crippen molar-refractivity contribution in [3.8, 4) is 0 Å². The van der Waals surface area contributed by atoms with Crippen LogP contribution in [-0.4, -0.2) is 31.3 Å². The van der Waals surface area contributed by atoms with E-state index in [1.165, 1.54) is 12.8 Å². The van der Waals surface area contributed by atoms with Gasteiger partial charge in [0.05, 0.1) is 6.61 Å². The van der Waals surface area contributed by atoms with Gasteiger partial charge in [-0.2, -0.15) is 0 Å². The van der Waals surface area contributed by atoms with Gasteiger partial charge < -0.3 is 9.66 Å². The zero-order valence-corrected chi connectivity index (χ0v) is 14.1. The number of rotatable bonds is 12. The van der Waals surface area contributed by atoms with Crippen LogP contribution in [0.4, 0.5) is 0 Å². The maximum Gasteiger partial charge on any atom is 1.00 e. The summed E-state index contributed by atoms with van der Waals surface area (Å²) in [6.45, 7) is 0.283. The first-order valence-electron chi connectivity index (χ1n) is 6.27. The van der Waals surface area contributed by atoms with Gasteiger partial charge in [0.1, 0.15) is 0 Å². The molecule has 0 atom stereocenters. The molecule has 0 aromatic carbocycles. The molecule has 0 aromatic rings. The van der Waals surface area contributed by atoms with Crippen LogP contribution in [0.25, 0.3) is 0 Å². The Morgan fingerprint density at radius 1 is 0.833 bits per heavy atom. The maximum atomic E-state index is 10.1. The normalized spacial score (nSPS) is 11.2. The molecule has 0 saturated carbocycles. The van der Waals surface area contributed by atoms with Crippen LogP contribution in [-0.2, 0) is 14.6 Å². The van der Waals surface area contributed by atoms with Gasteiger partial charge in [0.15, 0.2) is 0 Å². The van der Waals surface area contributed by atoms with Crippen LogP contribution in [0.5, 0.6) is 0 Å². The van der Waals surface area contributed by atoms with E-state index in [9.17, 15) is 13.0 Å². The Kier molecular flexibility index (Phi) is 16.7. The molecule has 5 nitrogen and oxygen atoms in total. The summed E-state index contributed by atoms with van der Waals surface area (Å²) in [5, 5.41) is 8.57. The molecule has 0 saturated heterocycles. The molecule has 0 aliphatic carbocycles. The molecular weight excluding hydrogens is 267 g/mol. The minimum absolute atomic E-state index is 0. The summed E-state index contributed by atoms with van der Waals surface area (Å²) in [5.74, 6) is 0. The average molecular weight is 290 g/mol. The van der Waals surface area contributed by atoms with Gasteiger partial charge in [-0.25, -0.2) is 8.42 Å². The number of unbranched alkanes of at least 4 members (excludes halogenated alkanes) is 8. The maximum absolute atomic E-state index is 10.1. The second kappa shape index (κ2) is 14.2. The molecule has 0 aromatic heterocycles. The van der Waals surface area contributed by atoms with E-state index in [-0.39, 0.29) is 42.8 Å². The van der Waals surface area contributed by atoms with Crippen molar-refractivity contribution in [3.05, 3.63) is 0 Å². The van der Waals surface area contributed by atoms with E-state index in [1.54, 1.807) is 0 Å². The molecule has 7 heteroatoms. The first-order chi connectivity index (χ1) is 8.06. The smallest absolute Gasteiger partial charge is 0.726 e. The van der Waals surface area contributed by atoms with E-state index in [1.807, 2.05) is 0 Å². The van der Waals surface area contributed by atoms with E-state index >= 15 is 0 Å². The molecule has 0 heterocycles. The van der Waals surface area contributed by atoms with Crippen LogP contribution in [0, 0.1) is 0 Å². The van der Waals surface area contributed by atoms with Gasteiger partial charge in [-0.1, -0.05) is 44.9 Å². The molecule has 0 amide bonds. The van der Waals surface area contributed by atoms with Crippen molar-refractivity contribution >= 4 is 10.4 Å². The Morgan fingerprint density at radius 2 is 1.22 bits per heavy atom. The Labute approximate surface area is 133 Å². The van der Waals surface area contributed by atoms with E-state index in [0.717, 1.165) is 38.5 Å². The van der Waals surface area contributed by atoms with Crippen molar-refractivity contribution in [2.75, 3.05) is 13.2 Å². The van der Waals surface area contributed by atoms with Gasteiger partial charge in [0.25, 0.3) is 0 Å². The zero-order chi connectivity index (χ0) is 13.0. The SMILES string of the molecule is O=S(=O)([O-])OCCCCCCCCCCCO.[Na+]. The topological polar surface area (TPSA) is 86.7 Å². The fraction of sp³-hybridized carbons (Fsp3) is 1.00. The van der Waals surface area contributed by atoms with Crippen LogP contribution in [0.15, 0.2) is 0 Å². The third-order valence-corrected chi connectivity index (χ3v) is 2.99. The Bertz CT molecular complexity index is 256. The third-order valence-electron chi connectivity index (χ3n) is 2.53. The van der Waals surface area contributed by atoms with Gasteiger partial charge in [0, 0.05) is 6.61 Å². The third kappa shape index (κ3) is 19.2. The summed E-state index contributed by atoms with van der Waals surface area (Å²) in [4.78, 5) is 0. The molecule has 0 bridgehead atoms. The fourth-order valence-electron chi connectivity index (χ4n) is 1.61. The summed E-state index contributed by atoms with van der Waals surface area (Å²) < 4.78 is 34.4. The Morgan fingerprint density at radius 3 is 1.61 bits per heavy atom. The number of hydrogen-bond acceptors (Lipinski definition) is 5. The standard InChI is InChI=1S/C11H24O5S.Na/c12-10-8-6-4-2-1-3-5-7-9-11-16-17(13,14)15;/h12H,1-11H2,(H,13,14,15);/q;+1/p-1. The quantitative estimate of drug-likeness (QED) is 0.215. The van der Waals surface area contributed by atoms with Gasteiger partial charge in [0.2, 0.25) is 10.4 Å². The molecule has 0 spiro atoms. The largest absolute Gasteiger partial charge is 1.00 e. The predicted molar refractivity (Wildman–Crippen MR) is 64.3 cm³/mol. The molecule has 1 N–H and O–H groups in total. The van der Waals surface area contributed by atoms with Crippen LogP contribution in [0.1, 0.15) is 57.8 Å². The van der Waals surface area contributed by atoms with Crippen molar-refractivity contribution < 1.29 is 51.8 Å². The molecule has 0 unspecified atom stereocenters. The second-order valence-electron chi connectivity index (χ2n) is 4.14. The Hall–Kier alpha value is 0.830. The summed E-state index contributed by atoms with van der Waals surface area (Å²) in [7, 11) is -4.50. The molecule has 0 radical (unpaired) electrons. The predicted octanol–water partition coefficient (Wildman–Crippen LogP) is -1.03. The number of aliphatic hydroxyl groups is 1. The van der Waals surface area contributed by atoms with Gasteiger partial charge >= 0.3 is 29.6 Å². The van der Waals surface area contributed by atoms with E-state index < -0.39 is 10.4 Å². The second-order valence-corrected chi connectivity index (χ2v) is 5.19. The number of aliphatic hydroxyl groups excluding tert-OH is 1. The molecule has 104 valence electrons. The van der Waals surface area contributed by atoms with Crippen molar-refractivity contribution in [1.82, 2.24) is 0 Å². The molecule has 0 aliphatic rings. The van der Waals surface area contributed by atoms with Crippen LogP contribution in [0.2, 0.25) is 0 Å². The van der Waals surface area contributed by atoms with E-state index in [4.69, 9.17) is 5.11 Å². The number of hydrogen-bond donors (Lipinski definition) is 1. The average Bonchev–Trinajstić information content (AvgIpc) is 2.24. The Balaban J connectivity index is 0. The summed E-state index contributed by atoms with van der Waals surface area (Å²) in [5.41, 5.74) is 0. The monoisotopic (exact) mass is 290 g/mol. The first kappa shape index (κ1) is 21.1. The van der Waals surface area contributed by atoms with Crippen molar-refractivity contribution in [1.29, 1.82) is 0 Å². The van der Waals surface area contributed by atoms with Gasteiger partial charge in [-0.3, -0.25) is 4.18 Å². The van der Waals surface area contributed by atoms with Crippen molar-refractivity contribution in [2.24, 2.45) is 0 Å². The summed E-state index contributed by atoms with van der Waals surface area (Å²) >= 11 is 0. The van der Waals surface area contributed by atoms with Crippen molar-refractivity contribution in [3.63, 3.8) is 0 Å². The minimum atomic E-state index is -4.50. The molecule has 0 aliphatic heterocycles. The molecule has 0 fully saturated rings. The van der Waals surface area contributed by atoms with Crippen LogP contribution < -0.4 is 29.6 Å². The fourth-order valence-corrected chi connectivity index (χ4v) is 1.93. The van der Waals surface area contributed by atoms with Crippen LogP contribution >= 0.6 is 0 Å². The molecule has 18 heavy (non-hydrogen) atoms. The zero-order valence-electron chi connectivity index (χ0n) is 11.3. The summed E-state index contributed by atoms with van der Waals surface area (Å²) in [6.07, 6.45) is 9.19. The van der Waals surface area contributed by atoms with Crippen molar-refractivity contribution in [2.45, 2.75) is 57.8 Å². The van der Waals surface area contributed by atoms with E-state index in [0.29, 0.717) is 6.42 Å². The summed E-state index contributed by atoms with van der Waals surface area (Å²) in [6, 6.07) is 0. The molecule has 0 rings (SSSR count).